The van der Waals surface area contributed by atoms with Crippen molar-refractivity contribution in [3.8, 4) is 5.75 Å². The minimum absolute atomic E-state index is 0.117. The third kappa shape index (κ3) is 3.72. The lowest BCUT2D eigenvalue weighted by Crippen LogP contribution is -2.24. The molecule has 1 N–H and O–H groups in total. The van der Waals surface area contributed by atoms with Crippen LogP contribution >= 0.6 is 0 Å². The molecule has 4 nitrogen and oxygen atoms in total. The molecule has 2 aromatic carbocycles. The molecule has 0 heterocycles. The number of benzene rings is 2. The van der Waals surface area contributed by atoms with E-state index in [2.05, 4.69) is 0 Å². The number of ether oxygens (including phenoxy) is 1. The Hall–Kier alpha value is -2.56. The van der Waals surface area contributed by atoms with Gasteiger partial charge in [-0.3, -0.25) is 0 Å². The molecular weight excluding hydrogens is 273 g/mol. The number of carbonyl (C=O) groups is 1. The molecule has 0 saturated heterocycles. The molecule has 21 heavy (non-hydrogen) atoms. The summed E-state index contributed by atoms with van der Waals surface area (Å²) in [7, 11) is 1.75. The van der Waals surface area contributed by atoms with Crippen molar-refractivity contribution in [1.29, 1.82) is 0 Å². The Kier molecular flexibility index (Phi) is 4.77. The van der Waals surface area contributed by atoms with E-state index in [4.69, 9.17) is 9.84 Å². The summed E-state index contributed by atoms with van der Waals surface area (Å²) in [6, 6.07) is 12.9. The van der Waals surface area contributed by atoms with Crippen LogP contribution in [-0.2, 0) is 0 Å². The Bertz CT molecular complexity index is 630. The first-order chi connectivity index (χ1) is 10.1. The van der Waals surface area contributed by atoms with E-state index in [1.807, 2.05) is 0 Å². The maximum absolute atomic E-state index is 13.6. The lowest BCUT2D eigenvalue weighted by molar-refractivity contribution is 0.0692. The molecule has 2 aromatic rings. The predicted molar refractivity (Wildman–Crippen MR) is 78.6 cm³/mol. The second-order valence-electron chi connectivity index (χ2n) is 4.52. The van der Waals surface area contributed by atoms with Crippen molar-refractivity contribution in [3.63, 3.8) is 0 Å². The largest absolute Gasteiger partial charge is 0.491 e. The number of hydrogen-bond acceptors (Lipinski definition) is 3. The molecule has 0 aliphatic carbocycles. The second-order valence-corrected chi connectivity index (χ2v) is 4.52. The van der Waals surface area contributed by atoms with Gasteiger partial charge in [-0.2, -0.15) is 0 Å². The lowest BCUT2D eigenvalue weighted by Gasteiger charge is -2.20. The van der Waals surface area contributed by atoms with E-state index in [0.29, 0.717) is 18.0 Å². The molecule has 110 valence electrons. The number of anilines is 1. The number of hydrogen-bond donors (Lipinski definition) is 1. The molecule has 5 heteroatoms. The van der Waals surface area contributed by atoms with E-state index >= 15 is 0 Å². The molecule has 0 radical (unpaired) electrons. The number of aromatic carboxylic acids is 1. The molecule has 0 aliphatic rings. The van der Waals surface area contributed by atoms with Gasteiger partial charge < -0.3 is 14.7 Å². The summed E-state index contributed by atoms with van der Waals surface area (Å²) in [6.45, 7) is 0.698. The molecule has 0 amide bonds. The Labute approximate surface area is 122 Å². The fourth-order valence-electron chi connectivity index (χ4n) is 1.94. The van der Waals surface area contributed by atoms with Gasteiger partial charge in [0.05, 0.1) is 12.2 Å². The first-order valence-corrected chi connectivity index (χ1v) is 6.50. The van der Waals surface area contributed by atoms with Gasteiger partial charge in [0.1, 0.15) is 23.7 Å². The molecular formula is C16H16FNO3. The highest BCUT2D eigenvalue weighted by Gasteiger charge is 2.11. The van der Waals surface area contributed by atoms with E-state index in [-0.39, 0.29) is 18.0 Å². The molecule has 0 spiro atoms. The van der Waals surface area contributed by atoms with Crippen LogP contribution in [0.25, 0.3) is 0 Å². The van der Waals surface area contributed by atoms with Gasteiger partial charge in [0.2, 0.25) is 0 Å². The van der Waals surface area contributed by atoms with Crippen LogP contribution in [0.4, 0.5) is 10.1 Å². The summed E-state index contributed by atoms with van der Waals surface area (Å²) in [5.41, 5.74) is 0.596. The third-order valence-corrected chi connectivity index (χ3v) is 3.07. The number of halogens is 1. The normalized spacial score (nSPS) is 10.2. The van der Waals surface area contributed by atoms with Crippen LogP contribution in [0.15, 0.2) is 48.5 Å². The minimum Gasteiger partial charge on any atom is -0.491 e. The molecule has 0 unspecified atom stereocenters. The molecule has 0 aliphatic heterocycles. The molecule has 0 aromatic heterocycles. The van der Waals surface area contributed by atoms with Gasteiger partial charge in [-0.05, 0) is 24.3 Å². The first-order valence-electron chi connectivity index (χ1n) is 6.50. The quantitative estimate of drug-likeness (QED) is 0.888. The minimum atomic E-state index is -1.03. The van der Waals surface area contributed by atoms with Gasteiger partial charge in [-0.15, -0.1) is 0 Å². The monoisotopic (exact) mass is 289 g/mol. The second kappa shape index (κ2) is 6.74. The summed E-state index contributed by atoms with van der Waals surface area (Å²) in [5, 5.41) is 9.05. The van der Waals surface area contributed by atoms with Crippen LogP contribution < -0.4 is 9.64 Å². The van der Waals surface area contributed by atoms with Crippen molar-refractivity contribution in [2.75, 3.05) is 25.1 Å². The summed E-state index contributed by atoms with van der Waals surface area (Å²) < 4.78 is 19.1. The molecule has 2 rings (SSSR count). The number of carboxylic acids is 1. The van der Waals surface area contributed by atoms with Gasteiger partial charge in [0.15, 0.2) is 0 Å². The first kappa shape index (κ1) is 14.8. The fraction of sp³-hybridized carbons (Fsp3) is 0.188. The maximum Gasteiger partial charge on any atom is 0.339 e. The zero-order valence-corrected chi connectivity index (χ0v) is 11.6. The highest BCUT2D eigenvalue weighted by atomic mass is 19.1. The van der Waals surface area contributed by atoms with Gasteiger partial charge >= 0.3 is 5.97 Å². The van der Waals surface area contributed by atoms with Gasteiger partial charge in [-0.25, -0.2) is 9.18 Å². The molecule has 0 bridgehead atoms. The summed E-state index contributed by atoms with van der Waals surface area (Å²) >= 11 is 0. The van der Waals surface area contributed by atoms with Crippen LogP contribution in [0.1, 0.15) is 10.4 Å². The Morgan fingerprint density at radius 2 is 1.86 bits per heavy atom. The summed E-state index contributed by atoms with van der Waals surface area (Å²) in [6.07, 6.45) is 0. The van der Waals surface area contributed by atoms with Crippen molar-refractivity contribution in [2.45, 2.75) is 0 Å². The zero-order valence-electron chi connectivity index (χ0n) is 11.6. The van der Waals surface area contributed by atoms with Crippen molar-refractivity contribution in [1.82, 2.24) is 0 Å². The molecule has 0 atom stereocenters. The van der Waals surface area contributed by atoms with Crippen LogP contribution in [0, 0.1) is 5.82 Å². The zero-order chi connectivity index (χ0) is 15.2. The van der Waals surface area contributed by atoms with E-state index < -0.39 is 5.97 Å². The lowest BCUT2D eigenvalue weighted by atomic mass is 10.2. The predicted octanol–water partition coefficient (Wildman–Crippen LogP) is 3.04. The van der Waals surface area contributed by atoms with Crippen LogP contribution in [0.5, 0.6) is 5.75 Å². The highest BCUT2D eigenvalue weighted by molar-refractivity contribution is 5.90. The van der Waals surface area contributed by atoms with Gasteiger partial charge in [0.25, 0.3) is 0 Å². The van der Waals surface area contributed by atoms with E-state index in [1.165, 1.54) is 12.1 Å². The summed E-state index contributed by atoms with van der Waals surface area (Å²) in [4.78, 5) is 12.8. The van der Waals surface area contributed by atoms with Crippen LogP contribution in [-0.4, -0.2) is 31.3 Å². The number of likely N-dealkylation sites (N-methyl/N-ethyl adjacent to an activating group) is 1. The van der Waals surface area contributed by atoms with Crippen LogP contribution in [0.3, 0.4) is 0 Å². The van der Waals surface area contributed by atoms with Gasteiger partial charge in [-0.1, -0.05) is 24.3 Å². The number of rotatable bonds is 6. The third-order valence-electron chi connectivity index (χ3n) is 3.07. The van der Waals surface area contributed by atoms with E-state index in [9.17, 15) is 9.18 Å². The van der Waals surface area contributed by atoms with Crippen molar-refractivity contribution < 1.29 is 19.0 Å². The van der Waals surface area contributed by atoms with E-state index in [0.717, 1.165) is 0 Å². The average molecular weight is 289 g/mol. The smallest absolute Gasteiger partial charge is 0.339 e. The van der Waals surface area contributed by atoms with E-state index in [1.54, 1.807) is 48.3 Å². The summed E-state index contributed by atoms with van der Waals surface area (Å²) in [5.74, 6) is -1.02. The Morgan fingerprint density at radius 1 is 1.19 bits per heavy atom. The Balaban J connectivity index is 1.96. The van der Waals surface area contributed by atoms with Crippen molar-refractivity contribution in [2.24, 2.45) is 0 Å². The highest BCUT2D eigenvalue weighted by Crippen LogP contribution is 2.19. The van der Waals surface area contributed by atoms with Crippen molar-refractivity contribution in [3.05, 3.63) is 59.9 Å². The topological polar surface area (TPSA) is 49.8 Å². The molecule has 0 saturated carbocycles. The van der Waals surface area contributed by atoms with Crippen LogP contribution in [0.2, 0.25) is 0 Å². The van der Waals surface area contributed by atoms with Crippen molar-refractivity contribution >= 4 is 11.7 Å². The standard InChI is InChI=1S/C16H16FNO3/c1-18(14-8-4-3-7-13(14)17)10-11-21-15-9-5-2-6-12(15)16(19)20/h2-9H,10-11H2,1H3,(H,19,20). The fourth-order valence-corrected chi connectivity index (χ4v) is 1.94. The number of nitrogens with zero attached hydrogens (tertiary/aromatic N) is 1. The SMILES string of the molecule is CN(CCOc1ccccc1C(=O)O)c1ccccc1F. The Morgan fingerprint density at radius 3 is 2.57 bits per heavy atom. The molecule has 0 fully saturated rings. The average Bonchev–Trinajstić information content (AvgIpc) is 2.48. The maximum atomic E-state index is 13.6. The van der Waals surface area contributed by atoms with Gasteiger partial charge in [0, 0.05) is 7.05 Å². The number of carboxylic acid groups (broad SMARTS) is 1. The number of para-hydroxylation sites is 2.